The molecule has 1 heterocycles. The molecule has 0 aliphatic heterocycles. The summed E-state index contributed by atoms with van der Waals surface area (Å²) in [5, 5.41) is 0. The van der Waals surface area contributed by atoms with Gasteiger partial charge in [0.15, 0.2) is 0 Å². The number of carbonyl (C=O) groups is 1. The minimum atomic E-state index is -0.291. The second-order valence-electron chi connectivity index (χ2n) is 4.98. The number of aromatic nitrogens is 1. The average molecular weight is 257 g/mol. The molecule has 1 aromatic heterocycles. The lowest BCUT2D eigenvalue weighted by Gasteiger charge is -2.08. The van der Waals surface area contributed by atoms with E-state index in [1.807, 2.05) is 31.4 Å². The Hall–Kier alpha value is -2.03. The number of hydrogen-bond donors (Lipinski definition) is 0. The molecule has 0 saturated carbocycles. The summed E-state index contributed by atoms with van der Waals surface area (Å²) in [6.45, 7) is 4.62. The highest BCUT2D eigenvalue weighted by Crippen LogP contribution is 2.15. The summed E-state index contributed by atoms with van der Waals surface area (Å²) < 4.78 is 7.05. The van der Waals surface area contributed by atoms with Crippen molar-refractivity contribution in [3.63, 3.8) is 0 Å². The van der Waals surface area contributed by atoms with Gasteiger partial charge < -0.3 is 9.30 Å². The zero-order valence-corrected chi connectivity index (χ0v) is 11.6. The van der Waals surface area contributed by atoms with E-state index in [0.717, 1.165) is 5.56 Å². The van der Waals surface area contributed by atoms with Crippen LogP contribution in [0.2, 0.25) is 0 Å². The molecule has 100 valence electrons. The quantitative estimate of drug-likeness (QED) is 0.785. The van der Waals surface area contributed by atoms with Crippen LogP contribution in [0.4, 0.5) is 0 Å². The molecule has 0 fully saturated rings. The van der Waals surface area contributed by atoms with Crippen LogP contribution in [0.1, 0.15) is 41.4 Å². The van der Waals surface area contributed by atoms with Gasteiger partial charge in [-0.2, -0.15) is 0 Å². The molecule has 0 radical (unpaired) electrons. The Kier molecular flexibility index (Phi) is 4.05. The van der Waals surface area contributed by atoms with Gasteiger partial charge in [-0.25, -0.2) is 4.79 Å². The summed E-state index contributed by atoms with van der Waals surface area (Å²) in [5.74, 6) is 0.223. The zero-order valence-electron chi connectivity index (χ0n) is 11.6. The number of nitrogens with zero attached hydrogens (tertiary/aromatic N) is 1. The van der Waals surface area contributed by atoms with Gasteiger partial charge in [0.1, 0.15) is 12.3 Å². The Morgan fingerprint density at radius 3 is 2.42 bits per heavy atom. The molecule has 1 aromatic carbocycles. The van der Waals surface area contributed by atoms with Crippen molar-refractivity contribution < 1.29 is 9.53 Å². The summed E-state index contributed by atoms with van der Waals surface area (Å²) >= 11 is 0. The van der Waals surface area contributed by atoms with E-state index < -0.39 is 0 Å². The second kappa shape index (κ2) is 5.74. The van der Waals surface area contributed by atoms with Crippen molar-refractivity contribution in [3.8, 4) is 0 Å². The van der Waals surface area contributed by atoms with Gasteiger partial charge >= 0.3 is 5.97 Å². The number of carbonyl (C=O) groups excluding carboxylic acids is 1. The van der Waals surface area contributed by atoms with Gasteiger partial charge in [0.05, 0.1) is 0 Å². The molecule has 19 heavy (non-hydrogen) atoms. The Balaban J connectivity index is 1.95. The molecule has 0 atom stereocenters. The zero-order chi connectivity index (χ0) is 13.8. The molecule has 0 unspecified atom stereocenters. The molecule has 3 nitrogen and oxygen atoms in total. The SMILES string of the molecule is CC(C)c1ccc(COC(=O)c2cccn2C)cc1. The monoisotopic (exact) mass is 257 g/mol. The van der Waals surface area contributed by atoms with E-state index >= 15 is 0 Å². The minimum absolute atomic E-state index is 0.291. The van der Waals surface area contributed by atoms with Crippen LogP contribution in [-0.2, 0) is 18.4 Å². The van der Waals surface area contributed by atoms with Gasteiger partial charge in [0, 0.05) is 13.2 Å². The van der Waals surface area contributed by atoms with Gasteiger partial charge in [-0.15, -0.1) is 0 Å². The third kappa shape index (κ3) is 3.25. The van der Waals surface area contributed by atoms with Gasteiger partial charge in [-0.05, 0) is 29.2 Å². The number of hydrogen-bond acceptors (Lipinski definition) is 2. The summed E-state index contributed by atoms with van der Waals surface area (Å²) in [4.78, 5) is 11.8. The number of ether oxygens (including phenoxy) is 1. The molecule has 2 rings (SSSR count). The van der Waals surface area contributed by atoms with Crippen molar-refractivity contribution in [2.45, 2.75) is 26.4 Å². The first-order chi connectivity index (χ1) is 9.08. The molecule has 3 heteroatoms. The van der Waals surface area contributed by atoms with Crippen LogP contribution in [0, 0.1) is 0 Å². The van der Waals surface area contributed by atoms with Crippen LogP contribution in [-0.4, -0.2) is 10.5 Å². The van der Waals surface area contributed by atoms with E-state index in [1.54, 1.807) is 10.6 Å². The van der Waals surface area contributed by atoms with Crippen molar-refractivity contribution in [1.82, 2.24) is 4.57 Å². The van der Waals surface area contributed by atoms with E-state index in [2.05, 4.69) is 26.0 Å². The molecule has 0 aliphatic rings. The Morgan fingerprint density at radius 1 is 1.21 bits per heavy atom. The summed E-state index contributed by atoms with van der Waals surface area (Å²) in [7, 11) is 1.83. The lowest BCUT2D eigenvalue weighted by molar-refractivity contribution is 0.0461. The van der Waals surface area contributed by atoms with E-state index in [-0.39, 0.29) is 5.97 Å². The van der Waals surface area contributed by atoms with E-state index in [9.17, 15) is 4.79 Å². The van der Waals surface area contributed by atoms with Gasteiger partial charge in [-0.1, -0.05) is 38.1 Å². The molecule has 0 N–H and O–H groups in total. The first-order valence-corrected chi connectivity index (χ1v) is 6.45. The van der Waals surface area contributed by atoms with Gasteiger partial charge in [0.2, 0.25) is 0 Å². The van der Waals surface area contributed by atoms with Crippen LogP contribution < -0.4 is 0 Å². The maximum atomic E-state index is 11.8. The van der Waals surface area contributed by atoms with Crippen molar-refractivity contribution in [2.24, 2.45) is 7.05 Å². The van der Waals surface area contributed by atoms with E-state index in [4.69, 9.17) is 4.74 Å². The van der Waals surface area contributed by atoms with Crippen molar-refractivity contribution in [3.05, 3.63) is 59.4 Å². The molecule has 0 bridgehead atoms. The van der Waals surface area contributed by atoms with Crippen LogP contribution in [0.5, 0.6) is 0 Å². The van der Waals surface area contributed by atoms with E-state index in [0.29, 0.717) is 18.2 Å². The molecular weight excluding hydrogens is 238 g/mol. The molecule has 0 aliphatic carbocycles. The lowest BCUT2D eigenvalue weighted by Crippen LogP contribution is -2.09. The Morgan fingerprint density at radius 2 is 1.89 bits per heavy atom. The highest BCUT2D eigenvalue weighted by molar-refractivity contribution is 5.87. The topological polar surface area (TPSA) is 31.2 Å². The first-order valence-electron chi connectivity index (χ1n) is 6.45. The normalized spacial score (nSPS) is 10.7. The largest absolute Gasteiger partial charge is 0.456 e. The second-order valence-corrected chi connectivity index (χ2v) is 4.98. The molecule has 0 spiro atoms. The fraction of sp³-hybridized carbons (Fsp3) is 0.312. The average Bonchev–Trinajstić information content (AvgIpc) is 2.83. The summed E-state index contributed by atoms with van der Waals surface area (Å²) in [6.07, 6.45) is 1.83. The third-order valence-electron chi connectivity index (χ3n) is 3.17. The third-order valence-corrected chi connectivity index (χ3v) is 3.17. The number of aryl methyl sites for hydroxylation is 1. The van der Waals surface area contributed by atoms with Crippen molar-refractivity contribution in [2.75, 3.05) is 0 Å². The molecule has 2 aromatic rings. The van der Waals surface area contributed by atoms with E-state index in [1.165, 1.54) is 5.56 Å². The maximum Gasteiger partial charge on any atom is 0.355 e. The smallest absolute Gasteiger partial charge is 0.355 e. The maximum absolute atomic E-state index is 11.8. The minimum Gasteiger partial charge on any atom is -0.456 e. The number of rotatable bonds is 4. The Labute approximate surface area is 113 Å². The first kappa shape index (κ1) is 13.4. The molecular formula is C16H19NO2. The molecule has 0 amide bonds. The van der Waals surface area contributed by atoms with Crippen LogP contribution >= 0.6 is 0 Å². The van der Waals surface area contributed by atoms with Crippen molar-refractivity contribution in [1.29, 1.82) is 0 Å². The lowest BCUT2D eigenvalue weighted by atomic mass is 10.0. The standard InChI is InChI=1S/C16H19NO2/c1-12(2)14-8-6-13(7-9-14)11-19-16(18)15-5-4-10-17(15)3/h4-10,12H,11H2,1-3H3. The van der Waals surface area contributed by atoms with Crippen molar-refractivity contribution >= 4 is 5.97 Å². The predicted molar refractivity (Wildman–Crippen MR) is 75.1 cm³/mol. The summed E-state index contributed by atoms with van der Waals surface area (Å²) in [6, 6.07) is 11.8. The van der Waals surface area contributed by atoms with Gasteiger partial charge in [0.25, 0.3) is 0 Å². The highest BCUT2D eigenvalue weighted by atomic mass is 16.5. The predicted octanol–water partition coefficient (Wildman–Crippen LogP) is 3.51. The van der Waals surface area contributed by atoms with Crippen LogP contribution in [0.25, 0.3) is 0 Å². The molecule has 0 saturated heterocycles. The Bertz CT molecular complexity index is 552. The fourth-order valence-electron chi connectivity index (χ4n) is 1.89. The fourth-order valence-corrected chi connectivity index (χ4v) is 1.89. The van der Waals surface area contributed by atoms with Crippen LogP contribution in [0.3, 0.4) is 0 Å². The van der Waals surface area contributed by atoms with Crippen LogP contribution in [0.15, 0.2) is 42.6 Å². The number of esters is 1. The van der Waals surface area contributed by atoms with Gasteiger partial charge in [-0.3, -0.25) is 0 Å². The number of benzene rings is 1. The summed E-state index contributed by atoms with van der Waals surface area (Å²) in [5.41, 5.74) is 2.86. The highest BCUT2D eigenvalue weighted by Gasteiger charge is 2.10.